The third kappa shape index (κ3) is 2.34. The van der Waals surface area contributed by atoms with Crippen molar-refractivity contribution in [3.63, 3.8) is 0 Å². The van der Waals surface area contributed by atoms with E-state index in [1.165, 1.54) is 18.2 Å². The third-order valence-electron chi connectivity index (χ3n) is 2.48. The van der Waals surface area contributed by atoms with Gasteiger partial charge in [0.2, 0.25) is 5.91 Å². The predicted octanol–water partition coefficient (Wildman–Crippen LogP) is 0.0443. The predicted molar refractivity (Wildman–Crippen MR) is 58.9 cm³/mol. The number of nitrogens with zero attached hydrogens (tertiary/aromatic N) is 1. The largest absolute Gasteiger partial charge is 0.481 e. The van der Waals surface area contributed by atoms with Gasteiger partial charge in [0, 0.05) is 30.8 Å². The molecule has 1 saturated heterocycles. The van der Waals surface area contributed by atoms with E-state index in [0.717, 1.165) is 0 Å². The van der Waals surface area contributed by atoms with Crippen LogP contribution in [0.2, 0.25) is 0 Å². The number of nitro benzene ring substituents is 1. The standard InChI is InChI=1S/C10H11N3O4/c11-10(14)6-1-2-8(13(15)16)9(3-6)17-7-4-12-5-7/h1-3,7,12H,4-5H2,(H2,11,14). The first-order chi connectivity index (χ1) is 8.08. The second-order valence-corrected chi connectivity index (χ2v) is 3.70. The highest BCUT2D eigenvalue weighted by Crippen LogP contribution is 2.29. The van der Waals surface area contributed by atoms with Crippen molar-refractivity contribution < 1.29 is 14.5 Å². The van der Waals surface area contributed by atoms with E-state index in [1.807, 2.05) is 0 Å². The summed E-state index contributed by atoms with van der Waals surface area (Å²) in [7, 11) is 0. The molecule has 0 atom stereocenters. The first-order valence-electron chi connectivity index (χ1n) is 5.03. The number of nitrogens with one attached hydrogen (secondary N) is 1. The van der Waals surface area contributed by atoms with Gasteiger partial charge in [0.15, 0.2) is 5.75 Å². The highest BCUT2D eigenvalue weighted by atomic mass is 16.6. The number of carbonyl (C=O) groups is 1. The molecular formula is C10H11N3O4. The minimum atomic E-state index is -0.642. The van der Waals surface area contributed by atoms with Crippen molar-refractivity contribution in [1.82, 2.24) is 5.32 Å². The van der Waals surface area contributed by atoms with Gasteiger partial charge in [-0.1, -0.05) is 0 Å². The van der Waals surface area contributed by atoms with Crippen molar-refractivity contribution in [2.45, 2.75) is 6.10 Å². The molecule has 2 rings (SSSR count). The average molecular weight is 237 g/mol. The van der Waals surface area contributed by atoms with E-state index in [9.17, 15) is 14.9 Å². The third-order valence-corrected chi connectivity index (χ3v) is 2.48. The monoisotopic (exact) mass is 237 g/mol. The lowest BCUT2D eigenvalue weighted by atomic mass is 10.1. The Kier molecular flexibility index (Phi) is 2.92. The van der Waals surface area contributed by atoms with Crippen LogP contribution >= 0.6 is 0 Å². The second kappa shape index (κ2) is 4.38. The van der Waals surface area contributed by atoms with Gasteiger partial charge in [0.25, 0.3) is 0 Å². The van der Waals surface area contributed by atoms with Crippen LogP contribution in [0.4, 0.5) is 5.69 Å². The van der Waals surface area contributed by atoms with Crippen molar-refractivity contribution in [1.29, 1.82) is 0 Å². The molecule has 1 aliphatic rings. The summed E-state index contributed by atoms with van der Waals surface area (Å²) in [5.74, 6) is -0.561. The van der Waals surface area contributed by atoms with Crippen molar-refractivity contribution >= 4 is 11.6 Å². The summed E-state index contributed by atoms with van der Waals surface area (Å²) in [6.45, 7) is 1.27. The fraction of sp³-hybridized carbons (Fsp3) is 0.300. The molecule has 0 spiro atoms. The van der Waals surface area contributed by atoms with E-state index in [0.29, 0.717) is 13.1 Å². The van der Waals surface area contributed by atoms with Crippen LogP contribution in [0.3, 0.4) is 0 Å². The maximum Gasteiger partial charge on any atom is 0.310 e. The van der Waals surface area contributed by atoms with Gasteiger partial charge in [-0.2, -0.15) is 0 Å². The Hall–Kier alpha value is -2.15. The van der Waals surface area contributed by atoms with Crippen molar-refractivity contribution in [3.05, 3.63) is 33.9 Å². The Morgan fingerprint density at radius 1 is 1.53 bits per heavy atom. The zero-order valence-corrected chi connectivity index (χ0v) is 8.88. The second-order valence-electron chi connectivity index (χ2n) is 3.70. The molecule has 7 heteroatoms. The van der Waals surface area contributed by atoms with E-state index in [4.69, 9.17) is 10.5 Å². The van der Waals surface area contributed by atoms with Crippen LogP contribution in [0.1, 0.15) is 10.4 Å². The van der Waals surface area contributed by atoms with Crippen molar-refractivity contribution in [2.75, 3.05) is 13.1 Å². The van der Waals surface area contributed by atoms with Crippen LogP contribution in [0.25, 0.3) is 0 Å². The number of amides is 1. The molecule has 0 unspecified atom stereocenters. The van der Waals surface area contributed by atoms with E-state index in [1.54, 1.807) is 0 Å². The summed E-state index contributed by atoms with van der Waals surface area (Å²) in [6.07, 6.45) is -0.100. The Balaban J connectivity index is 2.32. The molecule has 3 N–H and O–H groups in total. The molecule has 17 heavy (non-hydrogen) atoms. The minimum Gasteiger partial charge on any atom is -0.481 e. The van der Waals surface area contributed by atoms with Crippen LogP contribution in [-0.4, -0.2) is 30.0 Å². The lowest BCUT2D eigenvalue weighted by molar-refractivity contribution is -0.386. The molecule has 0 saturated carbocycles. The quantitative estimate of drug-likeness (QED) is 0.568. The normalized spacial score (nSPS) is 15.1. The van der Waals surface area contributed by atoms with E-state index in [2.05, 4.69) is 5.32 Å². The van der Waals surface area contributed by atoms with Crippen LogP contribution in [0.5, 0.6) is 5.75 Å². The van der Waals surface area contributed by atoms with Gasteiger partial charge in [0.05, 0.1) is 4.92 Å². The molecule has 1 aliphatic heterocycles. The lowest BCUT2D eigenvalue weighted by Crippen LogP contribution is -2.50. The van der Waals surface area contributed by atoms with Gasteiger partial charge in [-0.15, -0.1) is 0 Å². The molecular weight excluding hydrogens is 226 g/mol. The lowest BCUT2D eigenvalue weighted by Gasteiger charge is -2.27. The van der Waals surface area contributed by atoms with Crippen LogP contribution in [0, 0.1) is 10.1 Å². The number of benzene rings is 1. The first kappa shape index (κ1) is 11.3. The van der Waals surface area contributed by atoms with E-state index < -0.39 is 10.8 Å². The molecule has 1 amide bonds. The van der Waals surface area contributed by atoms with Crippen molar-refractivity contribution in [3.8, 4) is 5.75 Å². The maximum atomic E-state index is 11.0. The molecule has 1 aromatic carbocycles. The smallest absolute Gasteiger partial charge is 0.310 e. The topological polar surface area (TPSA) is 107 Å². The van der Waals surface area contributed by atoms with Gasteiger partial charge in [0.1, 0.15) is 6.10 Å². The summed E-state index contributed by atoms with van der Waals surface area (Å²) in [5, 5.41) is 13.8. The van der Waals surface area contributed by atoms with Crippen molar-refractivity contribution in [2.24, 2.45) is 5.73 Å². The maximum absolute atomic E-state index is 11.0. The fourth-order valence-electron chi connectivity index (χ4n) is 1.44. The summed E-state index contributed by atoms with van der Waals surface area (Å²) < 4.78 is 5.42. The Labute approximate surface area is 96.7 Å². The van der Waals surface area contributed by atoms with Gasteiger partial charge >= 0.3 is 5.69 Å². The summed E-state index contributed by atoms with van der Waals surface area (Å²) in [5.41, 5.74) is 5.14. The molecule has 0 bridgehead atoms. The van der Waals surface area contributed by atoms with Crippen LogP contribution < -0.4 is 15.8 Å². The van der Waals surface area contributed by atoms with E-state index >= 15 is 0 Å². The Morgan fingerprint density at radius 2 is 2.24 bits per heavy atom. The van der Waals surface area contributed by atoms with Crippen LogP contribution in [-0.2, 0) is 0 Å². The number of ether oxygens (including phenoxy) is 1. The number of primary amides is 1. The highest BCUT2D eigenvalue weighted by molar-refractivity contribution is 5.93. The Bertz CT molecular complexity index is 471. The molecule has 0 radical (unpaired) electrons. The molecule has 7 nitrogen and oxygen atoms in total. The zero-order chi connectivity index (χ0) is 12.4. The van der Waals surface area contributed by atoms with Gasteiger partial charge in [-0.25, -0.2) is 0 Å². The van der Waals surface area contributed by atoms with Gasteiger partial charge in [-0.05, 0) is 6.07 Å². The van der Waals surface area contributed by atoms with Crippen LogP contribution in [0.15, 0.2) is 18.2 Å². The number of rotatable bonds is 4. The summed E-state index contributed by atoms with van der Waals surface area (Å²) in [6, 6.07) is 3.84. The molecule has 1 aromatic rings. The zero-order valence-electron chi connectivity index (χ0n) is 8.88. The Morgan fingerprint density at radius 3 is 2.71 bits per heavy atom. The fourth-order valence-corrected chi connectivity index (χ4v) is 1.44. The average Bonchev–Trinajstić information content (AvgIpc) is 2.22. The minimum absolute atomic E-state index is 0.0813. The number of carbonyl (C=O) groups excluding carboxylic acids is 1. The summed E-state index contributed by atoms with van der Waals surface area (Å²) in [4.78, 5) is 21.2. The molecule has 1 heterocycles. The number of nitrogens with two attached hydrogens (primary N) is 1. The molecule has 0 aliphatic carbocycles. The molecule has 1 fully saturated rings. The molecule has 90 valence electrons. The van der Waals surface area contributed by atoms with E-state index in [-0.39, 0.29) is 23.1 Å². The highest BCUT2D eigenvalue weighted by Gasteiger charge is 2.24. The van der Waals surface area contributed by atoms with Gasteiger partial charge < -0.3 is 15.8 Å². The summed E-state index contributed by atoms with van der Waals surface area (Å²) >= 11 is 0. The molecule has 0 aromatic heterocycles. The SMILES string of the molecule is NC(=O)c1ccc([N+](=O)[O-])c(OC2CNC2)c1. The first-order valence-corrected chi connectivity index (χ1v) is 5.03. The van der Waals surface area contributed by atoms with Gasteiger partial charge in [-0.3, -0.25) is 14.9 Å². The number of hydrogen-bond donors (Lipinski definition) is 2. The number of hydrogen-bond acceptors (Lipinski definition) is 5. The number of nitro groups is 1.